The number of hydrogen-bond donors (Lipinski definition) is 2. The summed E-state index contributed by atoms with van der Waals surface area (Å²) in [4.78, 5) is 26.7. The van der Waals surface area contributed by atoms with Crippen LogP contribution < -0.4 is 10.3 Å². The summed E-state index contributed by atoms with van der Waals surface area (Å²) in [5, 5.41) is 8.14. The highest BCUT2D eigenvalue weighted by Crippen LogP contribution is 2.20. The fourth-order valence-corrected chi connectivity index (χ4v) is 3.06. The van der Waals surface area contributed by atoms with Crippen molar-refractivity contribution in [3.63, 3.8) is 0 Å². The van der Waals surface area contributed by atoms with Crippen LogP contribution in [0, 0.1) is 17.2 Å². The molecule has 0 atom stereocenters. The van der Waals surface area contributed by atoms with E-state index in [1.807, 2.05) is 0 Å². The van der Waals surface area contributed by atoms with Crippen molar-refractivity contribution in [3.05, 3.63) is 82.8 Å². The molecule has 0 unspecified atom stereocenters. The second kappa shape index (κ2) is 6.58. The molecule has 9 nitrogen and oxygen atoms in total. The van der Waals surface area contributed by atoms with Gasteiger partial charge in [0.25, 0.3) is 5.56 Å². The van der Waals surface area contributed by atoms with E-state index in [1.165, 1.54) is 39.5 Å². The van der Waals surface area contributed by atoms with Gasteiger partial charge in [-0.05, 0) is 24.3 Å². The largest absolute Gasteiger partial charge is 0.419 e. The highest BCUT2D eigenvalue weighted by Gasteiger charge is 2.20. The molecule has 0 aliphatic rings. The average molecular weight is 407 g/mol. The molecule has 5 aromatic rings. The van der Waals surface area contributed by atoms with Crippen molar-refractivity contribution in [1.29, 1.82) is 5.41 Å². The number of aromatic nitrogens is 6. The molecule has 0 radical (unpaired) electrons. The van der Waals surface area contributed by atoms with Crippen LogP contribution in [0.4, 0.5) is 8.78 Å². The number of pyridine rings is 2. The van der Waals surface area contributed by atoms with E-state index in [1.54, 1.807) is 18.2 Å². The molecule has 0 spiro atoms. The molecule has 0 aliphatic carbocycles. The molecule has 5 rings (SSSR count). The van der Waals surface area contributed by atoms with Crippen molar-refractivity contribution in [2.75, 3.05) is 0 Å². The van der Waals surface area contributed by atoms with Crippen LogP contribution in [0.1, 0.15) is 5.69 Å². The Bertz CT molecular complexity index is 1500. The number of nitrogens with one attached hydrogen (secondary N) is 2. The van der Waals surface area contributed by atoms with Crippen molar-refractivity contribution < 1.29 is 13.5 Å². The van der Waals surface area contributed by atoms with E-state index in [0.717, 1.165) is 6.07 Å². The zero-order chi connectivity index (χ0) is 20.8. The Labute approximate surface area is 165 Å². The summed E-state index contributed by atoms with van der Waals surface area (Å²) < 4.78 is 36.0. The topological polar surface area (TPSA) is 113 Å². The van der Waals surface area contributed by atoms with Gasteiger partial charge in [0.2, 0.25) is 17.7 Å². The van der Waals surface area contributed by atoms with Crippen molar-refractivity contribution >= 4 is 17.2 Å². The number of imidazole rings is 2. The molecule has 0 aromatic carbocycles. The van der Waals surface area contributed by atoms with Crippen LogP contribution in [0.5, 0.6) is 5.88 Å². The van der Waals surface area contributed by atoms with Gasteiger partial charge in [-0.25, -0.2) is 9.37 Å². The van der Waals surface area contributed by atoms with Crippen LogP contribution in [0.3, 0.4) is 0 Å². The van der Waals surface area contributed by atoms with Gasteiger partial charge in [0.1, 0.15) is 22.8 Å². The standard InChI is InChI=1S/C19H11F2N7O2/c20-10-4-5-12-23-8-11(28(12)9-10)19-25-14(29)7-15(26-19)30-18(22)16-17(21)24-13-3-1-2-6-27(13)16/h1-9,22H,(H,25,26,29). The van der Waals surface area contributed by atoms with Crippen LogP contribution in [0.25, 0.3) is 22.8 Å². The second-order valence-corrected chi connectivity index (χ2v) is 6.26. The van der Waals surface area contributed by atoms with E-state index in [-0.39, 0.29) is 17.4 Å². The summed E-state index contributed by atoms with van der Waals surface area (Å²) in [5.74, 6) is -2.17. The molecule has 5 aromatic heterocycles. The number of nitrogens with zero attached hydrogens (tertiary/aromatic N) is 5. The third-order valence-electron chi connectivity index (χ3n) is 4.34. The normalized spacial score (nSPS) is 11.3. The van der Waals surface area contributed by atoms with Crippen molar-refractivity contribution in [2.24, 2.45) is 0 Å². The maximum atomic E-state index is 14.3. The minimum Gasteiger partial charge on any atom is -0.419 e. The monoisotopic (exact) mass is 407 g/mol. The fraction of sp³-hybridized carbons (Fsp3) is 0. The number of hydrogen-bond acceptors (Lipinski definition) is 6. The molecule has 30 heavy (non-hydrogen) atoms. The number of ether oxygens (including phenoxy) is 1. The van der Waals surface area contributed by atoms with Gasteiger partial charge in [0.15, 0.2) is 11.5 Å². The Hall–Kier alpha value is -4.41. The first-order chi connectivity index (χ1) is 14.5. The first-order valence-corrected chi connectivity index (χ1v) is 8.63. The third kappa shape index (κ3) is 2.89. The lowest BCUT2D eigenvalue weighted by Crippen LogP contribution is -2.17. The van der Waals surface area contributed by atoms with Gasteiger partial charge in [0, 0.05) is 12.4 Å². The molecule has 0 amide bonds. The van der Waals surface area contributed by atoms with Gasteiger partial charge < -0.3 is 9.72 Å². The number of halogens is 2. The molecule has 148 valence electrons. The summed E-state index contributed by atoms with van der Waals surface area (Å²) in [7, 11) is 0. The van der Waals surface area contributed by atoms with Gasteiger partial charge in [0.05, 0.1) is 12.3 Å². The Kier molecular flexibility index (Phi) is 3.88. The zero-order valence-electron chi connectivity index (χ0n) is 15.0. The summed E-state index contributed by atoms with van der Waals surface area (Å²) in [6, 6.07) is 8.65. The first kappa shape index (κ1) is 17.7. The van der Waals surface area contributed by atoms with E-state index in [2.05, 4.69) is 19.9 Å². The van der Waals surface area contributed by atoms with Gasteiger partial charge >= 0.3 is 0 Å². The van der Waals surface area contributed by atoms with Crippen molar-refractivity contribution in [2.45, 2.75) is 0 Å². The molecule has 0 fully saturated rings. The number of fused-ring (bicyclic) bond motifs is 2. The maximum Gasteiger partial charge on any atom is 0.255 e. The SMILES string of the molecule is N=C(Oc1cc(=O)[nH]c(-c2cnc3ccc(F)cn23)n1)c1c(F)nc2ccccn12. The Morgan fingerprint density at radius 3 is 2.83 bits per heavy atom. The lowest BCUT2D eigenvalue weighted by Gasteiger charge is -2.07. The average Bonchev–Trinajstić information content (AvgIpc) is 3.27. The zero-order valence-corrected chi connectivity index (χ0v) is 15.0. The highest BCUT2D eigenvalue weighted by atomic mass is 19.1. The predicted molar refractivity (Wildman–Crippen MR) is 102 cm³/mol. The first-order valence-electron chi connectivity index (χ1n) is 8.63. The van der Waals surface area contributed by atoms with Gasteiger partial charge in [-0.15, -0.1) is 0 Å². The van der Waals surface area contributed by atoms with E-state index in [9.17, 15) is 13.6 Å². The Morgan fingerprint density at radius 2 is 1.97 bits per heavy atom. The van der Waals surface area contributed by atoms with Crippen LogP contribution in [-0.2, 0) is 0 Å². The van der Waals surface area contributed by atoms with Gasteiger partial charge in [-0.2, -0.15) is 14.4 Å². The van der Waals surface area contributed by atoms with Crippen LogP contribution >= 0.6 is 0 Å². The molecule has 0 saturated carbocycles. The number of aromatic amines is 1. The Balaban J connectivity index is 1.55. The minimum atomic E-state index is -0.895. The lowest BCUT2D eigenvalue weighted by molar-refractivity contribution is 0.509. The molecule has 0 saturated heterocycles. The van der Waals surface area contributed by atoms with E-state index < -0.39 is 23.2 Å². The van der Waals surface area contributed by atoms with E-state index in [0.29, 0.717) is 17.0 Å². The summed E-state index contributed by atoms with van der Waals surface area (Å²) in [6.07, 6.45) is 4.13. The van der Waals surface area contributed by atoms with Crippen molar-refractivity contribution in [1.82, 2.24) is 28.7 Å². The summed E-state index contributed by atoms with van der Waals surface area (Å²) >= 11 is 0. The smallest absolute Gasteiger partial charge is 0.255 e. The molecular formula is C19H11F2N7O2. The lowest BCUT2D eigenvalue weighted by atomic mass is 10.4. The molecule has 2 N–H and O–H groups in total. The minimum absolute atomic E-state index is 0.0435. The van der Waals surface area contributed by atoms with E-state index >= 15 is 0 Å². The fourth-order valence-electron chi connectivity index (χ4n) is 3.06. The number of rotatable bonds is 3. The maximum absolute atomic E-state index is 14.3. The quantitative estimate of drug-likeness (QED) is 0.352. The highest BCUT2D eigenvalue weighted by molar-refractivity contribution is 5.92. The van der Waals surface area contributed by atoms with Crippen LogP contribution in [0.15, 0.2) is 59.8 Å². The summed E-state index contributed by atoms with van der Waals surface area (Å²) in [5.41, 5.74) is 0.255. The molecule has 5 heterocycles. The van der Waals surface area contributed by atoms with Crippen LogP contribution in [-0.4, -0.2) is 34.6 Å². The van der Waals surface area contributed by atoms with Gasteiger partial charge in [-0.3, -0.25) is 19.0 Å². The third-order valence-corrected chi connectivity index (χ3v) is 4.34. The predicted octanol–water partition coefficient (Wildman–Crippen LogP) is 2.41. The summed E-state index contributed by atoms with van der Waals surface area (Å²) in [6.45, 7) is 0. The van der Waals surface area contributed by atoms with Crippen molar-refractivity contribution in [3.8, 4) is 17.4 Å². The second-order valence-electron chi connectivity index (χ2n) is 6.26. The molecule has 11 heteroatoms. The molecular weight excluding hydrogens is 396 g/mol. The van der Waals surface area contributed by atoms with E-state index in [4.69, 9.17) is 10.1 Å². The molecule has 0 bridgehead atoms. The Morgan fingerprint density at radius 1 is 1.10 bits per heavy atom. The van der Waals surface area contributed by atoms with Gasteiger partial charge in [-0.1, -0.05) is 6.07 Å². The van der Waals surface area contributed by atoms with Crippen LogP contribution in [0.2, 0.25) is 0 Å². The molecule has 0 aliphatic heterocycles. The number of H-pyrrole nitrogens is 1.